The van der Waals surface area contributed by atoms with E-state index in [0.29, 0.717) is 24.2 Å². The number of hydrogen-bond donors (Lipinski definition) is 0. The van der Waals surface area contributed by atoms with Gasteiger partial charge in [0.25, 0.3) is 0 Å². The summed E-state index contributed by atoms with van der Waals surface area (Å²) in [5.74, 6) is 3.13. The van der Waals surface area contributed by atoms with Crippen LogP contribution < -0.4 is 0 Å². The van der Waals surface area contributed by atoms with Gasteiger partial charge in [0.15, 0.2) is 0 Å². The van der Waals surface area contributed by atoms with Gasteiger partial charge >= 0.3 is 0 Å². The summed E-state index contributed by atoms with van der Waals surface area (Å²) in [6.07, 6.45) is 3.65. The van der Waals surface area contributed by atoms with Gasteiger partial charge in [0, 0.05) is 18.4 Å². The lowest BCUT2D eigenvalue weighted by Gasteiger charge is -2.29. The van der Waals surface area contributed by atoms with Gasteiger partial charge in [-0.25, -0.2) is 9.67 Å². The Morgan fingerprint density at radius 3 is 2.63 bits per heavy atom. The van der Waals surface area contributed by atoms with E-state index in [1.54, 1.807) is 0 Å². The van der Waals surface area contributed by atoms with Gasteiger partial charge in [-0.1, -0.05) is 29.4 Å². The molecule has 0 aliphatic carbocycles. The maximum Gasteiger partial charge on any atom is 0.227 e. The third-order valence-corrected chi connectivity index (χ3v) is 5.26. The number of benzene rings is 1. The number of likely N-dealkylation sites (tertiary alicyclic amines) is 1. The van der Waals surface area contributed by atoms with Gasteiger partial charge in [-0.05, 0) is 52.4 Å². The molecular weight excluding hydrogens is 340 g/mol. The zero-order valence-corrected chi connectivity index (χ0v) is 16.2. The van der Waals surface area contributed by atoms with Crippen molar-refractivity contribution in [3.8, 4) is 11.4 Å². The van der Waals surface area contributed by atoms with Crippen molar-refractivity contribution in [1.82, 2.24) is 29.8 Å². The summed E-state index contributed by atoms with van der Waals surface area (Å²) in [5, 5.41) is 8.81. The first-order chi connectivity index (χ1) is 13.1. The minimum Gasteiger partial charge on any atom is -0.339 e. The van der Waals surface area contributed by atoms with Gasteiger partial charge in [0.2, 0.25) is 11.7 Å². The highest BCUT2D eigenvalue weighted by molar-refractivity contribution is 5.58. The number of aromatic nitrogens is 5. The third kappa shape index (κ3) is 3.93. The van der Waals surface area contributed by atoms with E-state index in [0.717, 1.165) is 55.1 Å². The number of piperidine rings is 1. The summed E-state index contributed by atoms with van der Waals surface area (Å²) in [6.45, 7) is 6.22. The van der Waals surface area contributed by atoms with E-state index in [9.17, 15) is 0 Å². The predicted molar refractivity (Wildman–Crippen MR) is 102 cm³/mol. The first-order valence-electron chi connectivity index (χ1n) is 9.59. The zero-order chi connectivity index (χ0) is 18.8. The van der Waals surface area contributed by atoms with Crippen LogP contribution in [0.1, 0.15) is 42.0 Å². The van der Waals surface area contributed by atoms with Crippen molar-refractivity contribution in [2.45, 2.75) is 45.6 Å². The Labute approximate surface area is 159 Å². The highest BCUT2D eigenvalue weighted by atomic mass is 16.5. The molecule has 4 rings (SSSR count). The fourth-order valence-corrected chi connectivity index (χ4v) is 3.68. The molecule has 0 bridgehead atoms. The quantitative estimate of drug-likeness (QED) is 0.691. The molecule has 0 saturated carbocycles. The lowest BCUT2D eigenvalue weighted by atomic mass is 10.1. The number of nitrogens with zero attached hydrogens (tertiary/aromatic N) is 6. The molecule has 1 fully saturated rings. The predicted octanol–water partition coefficient (Wildman–Crippen LogP) is 3.00. The van der Waals surface area contributed by atoms with Crippen LogP contribution in [0.5, 0.6) is 0 Å². The molecule has 3 aromatic rings. The van der Waals surface area contributed by atoms with Crippen molar-refractivity contribution in [1.29, 1.82) is 0 Å². The number of aryl methyl sites for hydroxylation is 4. The van der Waals surface area contributed by atoms with Crippen molar-refractivity contribution in [2.24, 2.45) is 0 Å². The maximum absolute atomic E-state index is 5.48. The highest BCUT2D eigenvalue weighted by Crippen LogP contribution is 2.23. The molecule has 7 nitrogen and oxygen atoms in total. The molecule has 1 aliphatic rings. The zero-order valence-electron chi connectivity index (χ0n) is 16.2. The highest BCUT2D eigenvalue weighted by Gasteiger charge is 2.22. The van der Waals surface area contributed by atoms with Crippen molar-refractivity contribution in [3.63, 3.8) is 0 Å². The lowest BCUT2D eigenvalue weighted by Crippen LogP contribution is -2.32. The Morgan fingerprint density at radius 1 is 1.07 bits per heavy atom. The molecule has 2 aromatic heterocycles. The van der Waals surface area contributed by atoms with Crippen LogP contribution in [0, 0.1) is 13.8 Å². The van der Waals surface area contributed by atoms with Crippen molar-refractivity contribution < 1.29 is 4.52 Å². The largest absolute Gasteiger partial charge is 0.339 e. The summed E-state index contributed by atoms with van der Waals surface area (Å²) in [4.78, 5) is 11.6. The van der Waals surface area contributed by atoms with E-state index in [1.165, 1.54) is 0 Å². The fraction of sp³-hybridized carbons (Fsp3) is 0.500. The van der Waals surface area contributed by atoms with Crippen LogP contribution in [0.3, 0.4) is 0 Å². The van der Waals surface area contributed by atoms with Crippen molar-refractivity contribution in [2.75, 3.05) is 20.1 Å². The molecule has 7 heteroatoms. The molecule has 27 heavy (non-hydrogen) atoms. The second-order valence-corrected chi connectivity index (χ2v) is 7.38. The molecule has 1 saturated heterocycles. The molecule has 0 radical (unpaired) electrons. The molecule has 0 spiro atoms. The molecule has 142 valence electrons. The van der Waals surface area contributed by atoms with Crippen LogP contribution >= 0.6 is 0 Å². The van der Waals surface area contributed by atoms with E-state index < -0.39 is 0 Å². The second-order valence-electron chi connectivity index (χ2n) is 7.38. The average molecular weight is 366 g/mol. The van der Waals surface area contributed by atoms with E-state index in [4.69, 9.17) is 4.52 Å². The molecule has 0 amide bonds. The van der Waals surface area contributed by atoms with Gasteiger partial charge < -0.3 is 9.42 Å². The molecule has 3 heterocycles. The Hall–Kier alpha value is -2.54. The summed E-state index contributed by atoms with van der Waals surface area (Å²) < 4.78 is 7.60. The molecule has 0 unspecified atom stereocenters. The molecule has 0 atom stereocenters. The van der Waals surface area contributed by atoms with Crippen LogP contribution in [0.4, 0.5) is 0 Å². The number of rotatable bonds is 5. The summed E-state index contributed by atoms with van der Waals surface area (Å²) >= 11 is 0. The topological polar surface area (TPSA) is 72.9 Å². The first-order valence-corrected chi connectivity index (χ1v) is 9.59. The Morgan fingerprint density at radius 2 is 1.85 bits per heavy atom. The summed E-state index contributed by atoms with van der Waals surface area (Å²) in [5.41, 5.74) is 2.15. The Kier molecular flexibility index (Phi) is 5.03. The van der Waals surface area contributed by atoms with Crippen LogP contribution in [-0.4, -0.2) is 49.9 Å². The minimum atomic E-state index is 0.433. The third-order valence-electron chi connectivity index (χ3n) is 5.26. The van der Waals surface area contributed by atoms with E-state index in [2.05, 4.69) is 49.8 Å². The van der Waals surface area contributed by atoms with Crippen LogP contribution in [-0.2, 0) is 12.8 Å². The SMILES string of the molecule is Cc1nc(CCc2nc(-c3ccccc3C)no2)n(C2CCN(C)CC2)n1. The smallest absolute Gasteiger partial charge is 0.227 e. The van der Waals surface area contributed by atoms with Crippen LogP contribution in [0.2, 0.25) is 0 Å². The maximum atomic E-state index is 5.48. The van der Waals surface area contributed by atoms with Gasteiger partial charge in [0.05, 0.1) is 6.04 Å². The van der Waals surface area contributed by atoms with Gasteiger partial charge in [-0.3, -0.25) is 0 Å². The molecule has 0 N–H and O–H groups in total. The molecular formula is C20H26N6O. The standard InChI is InChI=1S/C20H26N6O/c1-14-6-4-5-7-17(14)20-22-19(27-24-20)9-8-18-21-15(2)23-26(18)16-10-12-25(3)13-11-16/h4-7,16H,8-13H2,1-3H3. The van der Waals surface area contributed by atoms with E-state index in [-0.39, 0.29) is 0 Å². The van der Waals surface area contributed by atoms with Gasteiger partial charge in [-0.2, -0.15) is 10.1 Å². The van der Waals surface area contributed by atoms with E-state index >= 15 is 0 Å². The summed E-state index contributed by atoms with van der Waals surface area (Å²) in [6, 6.07) is 8.51. The first kappa shape index (κ1) is 17.9. The van der Waals surface area contributed by atoms with Gasteiger partial charge in [0.1, 0.15) is 11.6 Å². The fourth-order valence-electron chi connectivity index (χ4n) is 3.68. The monoisotopic (exact) mass is 366 g/mol. The second kappa shape index (κ2) is 7.60. The van der Waals surface area contributed by atoms with Crippen LogP contribution in [0.25, 0.3) is 11.4 Å². The molecule has 1 aliphatic heterocycles. The van der Waals surface area contributed by atoms with Gasteiger partial charge in [-0.15, -0.1) is 0 Å². The number of hydrogen-bond acceptors (Lipinski definition) is 6. The normalized spacial score (nSPS) is 16.1. The summed E-state index contributed by atoms with van der Waals surface area (Å²) in [7, 11) is 2.17. The van der Waals surface area contributed by atoms with E-state index in [1.807, 2.05) is 25.1 Å². The van der Waals surface area contributed by atoms with Crippen LogP contribution in [0.15, 0.2) is 28.8 Å². The Balaban J connectivity index is 1.46. The lowest BCUT2D eigenvalue weighted by molar-refractivity contribution is 0.209. The van der Waals surface area contributed by atoms with Crippen molar-refractivity contribution >= 4 is 0 Å². The Bertz CT molecular complexity index is 907. The molecule has 1 aromatic carbocycles. The average Bonchev–Trinajstić information content (AvgIpc) is 3.27. The minimum absolute atomic E-state index is 0.433. The van der Waals surface area contributed by atoms with Crippen molar-refractivity contribution in [3.05, 3.63) is 47.4 Å².